The highest BCUT2D eigenvalue weighted by Gasteiger charge is 2.46. The van der Waals surface area contributed by atoms with E-state index in [-0.39, 0.29) is 39.8 Å². The van der Waals surface area contributed by atoms with Gasteiger partial charge in [-0.05, 0) is 98.0 Å². The first-order valence-corrected chi connectivity index (χ1v) is 19.0. The summed E-state index contributed by atoms with van der Waals surface area (Å²) in [6.45, 7) is 7.34. The van der Waals surface area contributed by atoms with Crippen molar-refractivity contribution < 1.29 is 41.9 Å². The predicted octanol–water partition coefficient (Wildman–Crippen LogP) is 3.40. The molecule has 1 aromatic heterocycles. The van der Waals surface area contributed by atoms with E-state index in [1.807, 2.05) is 18.6 Å². The summed E-state index contributed by atoms with van der Waals surface area (Å²) in [5.74, 6) is -5.23. The van der Waals surface area contributed by atoms with Crippen LogP contribution in [0.25, 0.3) is 11.1 Å². The fourth-order valence-electron chi connectivity index (χ4n) is 6.35. The highest BCUT2D eigenvalue weighted by atomic mass is 35.5. The molecule has 0 saturated carbocycles. The number of imide groups is 3. The van der Waals surface area contributed by atoms with Crippen LogP contribution in [0, 0.1) is 11.8 Å². The highest BCUT2D eigenvalue weighted by molar-refractivity contribution is 7.90. The van der Waals surface area contributed by atoms with Gasteiger partial charge in [0.25, 0.3) is 33.7 Å². The minimum absolute atomic E-state index is 0.0562. The topological polar surface area (TPSA) is 236 Å². The van der Waals surface area contributed by atoms with Crippen molar-refractivity contribution in [3.63, 3.8) is 0 Å². The number of aromatic nitrogens is 1. The van der Waals surface area contributed by atoms with Crippen LogP contribution in [0.1, 0.15) is 83.6 Å². The molecule has 4 atom stereocenters. The van der Waals surface area contributed by atoms with Crippen LogP contribution in [0.3, 0.4) is 0 Å². The fourth-order valence-corrected chi connectivity index (χ4v) is 7.45. The number of nitrogens with one attached hydrogen (secondary N) is 1. The van der Waals surface area contributed by atoms with Crippen molar-refractivity contribution in [1.29, 1.82) is 0 Å². The van der Waals surface area contributed by atoms with Crippen molar-refractivity contribution in [3.05, 3.63) is 94.3 Å². The second-order valence-electron chi connectivity index (χ2n) is 13.7. The number of sulfonamides is 1. The molecule has 5 amide bonds. The summed E-state index contributed by atoms with van der Waals surface area (Å²) in [5, 5.41) is 12.0. The second kappa shape index (κ2) is 16.2. The quantitative estimate of drug-likeness (QED) is 0.151. The third kappa shape index (κ3) is 8.37. The van der Waals surface area contributed by atoms with Crippen LogP contribution in [0.5, 0.6) is 0 Å². The van der Waals surface area contributed by atoms with E-state index in [4.69, 9.17) is 27.5 Å². The maximum atomic E-state index is 14.4. The normalized spacial score (nSPS) is 16.6. The van der Waals surface area contributed by atoms with E-state index in [0.29, 0.717) is 34.0 Å². The highest BCUT2D eigenvalue weighted by Crippen LogP contribution is 2.34. The smallest absolute Gasteiger partial charge is 0.267 e. The van der Waals surface area contributed by atoms with Crippen molar-refractivity contribution in [2.75, 3.05) is 6.54 Å². The first-order chi connectivity index (χ1) is 25.4. The summed E-state index contributed by atoms with van der Waals surface area (Å²) < 4.78 is 33.3. The van der Waals surface area contributed by atoms with Gasteiger partial charge in [-0.1, -0.05) is 39.3 Å². The van der Waals surface area contributed by atoms with E-state index in [2.05, 4.69) is 4.98 Å². The van der Waals surface area contributed by atoms with Gasteiger partial charge >= 0.3 is 0 Å². The van der Waals surface area contributed by atoms with Crippen LogP contribution in [0.2, 0.25) is 5.02 Å². The number of aliphatic hydroxyl groups is 1. The Morgan fingerprint density at radius 2 is 1.56 bits per heavy atom. The SMILES string of the molecule is CC(C)C(N)C(=O)N(C(=O)c1ccc(C(=O)NS(=O)(=O)c2ccc(Cl)cc2)cc1)C(=O)[C@@H]1CCCN1[C@@H](C(C)C)C(O)c1nc2cc(C(N)=O)ccc2o1. The minimum Gasteiger partial charge on any atom is -0.438 e. The predicted molar refractivity (Wildman–Crippen MR) is 197 cm³/mol. The molecule has 54 heavy (non-hydrogen) atoms. The van der Waals surface area contributed by atoms with Crippen molar-refractivity contribution in [2.24, 2.45) is 23.3 Å². The number of primary amides is 1. The summed E-state index contributed by atoms with van der Waals surface area (Å²) in [6.07, 6.45) is -0.612. The molecular weight excluding hydrogens is 740 g/mol. The number of likely N-dealkylation sites (tertiary alicyclic amines) is 1. The molecule has 3 aromatic carbocycles. The van der Waals surface area contributed by atoms with E-state index < -0.39 is 69.7 Å². The number of oxazole rings is 1. The molecule has 1 fully saturated rings. The van der Waals surface area contributed by atoms with Gasteiger partial charge < -0.3 is 21.0 Å². The lowest BCUT2D eigenvalue weighted by atomic mass is 9.95. The van der Waals surface area contributed by atoms with Gasteiger partial charge in [0.2, 0.25) is 11.8 Å². The van der Waals surface area contributed by atoms with Crippen LogP contribution >= 0.6 is 11.6 Å². The summed E-state index contributed by atoms with van der Waals surface area (Å²) >= 11 is 5.84. The minimum atomic E-state index is -4.25. The Kier molecular flexibility index (Phi) is 12.0. The Bertz CT molecular complexity index is 2190. The molecule has 5 rings (SSSR count). The van der Waals surface area contributed by atoms with E-state index in [1.54, 1.807) is 18.7 Å². The van der Waals surface area contributed by atoms with Gasteiger partial charge in [-0.2, -0.15) is 0 Å². The van der Waals surface area contributed by atoms with Crippen LogP contribution in [-0.2, 0) is 19.6 Å². The van der Waals surface area contributed by atoms with Gasteiger partial charge in [-0.3, -0.25) is 28.9 Å². The average molecular weight is 781 g/mol. The fraction of sp³-hybridized carbons (Fsp3) is 0.351. The van der Waals surface area contributed by atoms with Crippen molar-refractivity contribution in [1.82, 2.24) is 19.5 Å². The Hall–Kier alpha value is -5.00. The van der Waals surface area contributed by atoms with Gasteiger partial charge in [-0.15, -0.1) is 0 Å². The summed E-state index contributed by atoms with van der Waals surface area (Å²) in [4.78, 5) is 73.4. The maximum absolute atomic E-state index is 14.4. The number of hydrogen-bond donors (Lipinski definition) is 4. The molecule has 2 heterocycles. The molecule has 0 aliphatic carbocycles. The Morgan fingerprint density at radius 1 is 0.944 bits per heavy atom. The molecule has 6 N–H and O–H groups in total. The third-order valence-electron chi connectivity index (χ3n) is 9.30. The molecule has 0 spiro atoms. The van der Waals surface area contributed by atoms with Gasteiger partial charge in [0.15, 0.2) is 5.58 Å². The number of halogens is 1. The van der Waals surface area contributed by atoms with Crippen LogP contribution in [0.15, 0.2) is 76.0 Å². The number of hydrogen-bond acceptors (Lipinski definition) is 12. The zero-order valence-corrected chi connectivity index (χ0v) is 31.5. The van der Waals surface area contributed by atoms with Gasteiger partial charge in [0.1, 0.15) is 11.6 Å². The Morgan fingerprint density at radius 3 is 2.15 bits per heavy atom. The molecule has 15 nitrogen and oxygen atoms in total. The molecule has 1 saturated heterocycles. The first-order valence-electron chi connectivity index (χ1n) is 17.2. The molecular formula is C37H41ClN6O9S. The van der Waals surface area contributed by atoms with E-state index in [9.17, 15) is 37.5 Å². The number of aliphatic hydroxyl groups excluding tert-OH is 1. The number of fused-ring (bicyclic) bond motifs is 1. The largest absolute Gasteiger partial charge is 0.438 e. The Balaban J connectivity index is 1.42. The van der Waals surface area contributed by atoms with E-state index >= 15 is 0 Å². The lowest BCUT2D eigenvalue weighted by Gasteiger charge is -2.38. The van der Waals surface area contributed by atoms with Crippen LogP contribution in [0.4, 0.5) is 0 Å². The van der Waals surface area contributed by atoms with Gasteiger partial charge in [0.05, 0.1) is 17.0 Å². The number of carbonyl (C=O) groups excluding carboxylic acids is 5. The second-order valence-corrected chi connectivity index (χ2v) is 15.8. The van der Waals surface area contributed by atoms with Crippen LogP contribution < -0.4 is 16.2 Å². The molecule has 286 valence electrons. The zero-order valence-electron chi connectivity index (χ0n) is 29.9. The number of carbonyl (C=O) groups is 5. The van der Waals surface area contributed by atoms with Crippen LogP contribution in [-0.4, -0.2) is 82.5 Å². The number of amides is 5. The summed E-state index contributed by atoms with van der Waals surface area (Å²) in [7, 11) is -4.25. The van der Waals surface area contributed by atoms with E-state index in [1.165, 1.54) is 66.7 Å². The lowest BCUT2D eigenvalue weighted by Crippen LogP contribution is -2.58. The average Bonchev–Trinajstić information content (AvgIpc) is 3.78. The van der Waals surface area contributed by atoms with Crippen molar-refractivity contribution in [2.45, 2.75) is 69.7 Å². The lowest BCUT2D eigenvalue weighted by molar-refractivity contribution is -0.146. The number of rotatable bonds is 12. The standard InChI is InChI=1S/C37H41ClN6O9S/c1-19(2)29(39)37(50)44(35(48)22-9-7-21(8-10-22)33(47)42-54(51,52)25-14-12-24(38)13-15-25)36(49)27-6-5-17-43(27)30(20(3)4)31(45)34-41-26-18-23(32(40)46)11-16-28(26)53-34/h7-16,18-20,27,29-31,45H,5-6,17,39H2,1-4H3,(H2,40,46)(H,42,47)/t27-,29?,30-,31?/m0/s1. The monoisotopic (exact) mass is 780 g/mol. The molecule has 0 radical (unpaired) electrons. The summed E-state index contributed by atoms with van der Waals surface area (Å²) in [6, 6.07) is 11.4. The van der Waals surface area contributed by atoms with Crippen molar-refractivity contribution in [3.8, 4) is 0 Å². The molecule has 17 heteroatoms. The number of nitrogens with zero attached hydrogens (tertiary/aromatic N) is 3. The van der Waals surface area contributed by atoms with Gasteiger partial charge in [0, 0.05) is 27.8 Å². The number of nitrogens with two attached hydrogens (primary N) is 2. The molecule has 4 aromatic rings. The van der Waals surface area contributed by atoms with Gasteiger partial charge in [-0.25, -0.2) is 23.0 Å². The summed E-state index contributed by atoms with van der Waals surface area (Å²) in [5.41, 5.74) is 12.2. The zero-order chi connectivity index (χ0) is 39.6. The number of benzene rings is 3. The molecule has 1 aliphatic rings. The maximum Gasteiger partial charge on any atom is 0.267 e. The molecule has 0 bridgehead atoms. The third-order valence-corrected chi connectivity index (χ3v) is 10.9. The molecule has 2 unspecified atom stereocenters. The van der Waals surface area contributed by atoms with E-state index in [0.717, 1.165) is 0 Å². The Labute approximate surface area is 316 Å². The first kappa shape index (κ1) is 40.2. The molecule has 1 aliphatic heterocycles. The van der Waals surface area contributed by atoms with Crippen molar-refractivity contribution >= 4 is 62.3 Å².